The highest BCUT2D eigenvalue weighted by Gasteiger charge is 2.10. The van der Waals surface area contributed by atoms with Crippen LogP contribution in [0.3, 0.4) is 0 Å². The number of hydrogen-bond acceptors (Lipinski definition) is 4. The standard InChI is InChI=1S/C11H12O4S/c1-7(12)15-10-4-3-9(16-2)5-8(10)6-11(13)14/h3-5H,6H2,1-2H3,(H,13,14). The van der Waals surface area contributed by atoms with Crippen LogP contribution in [0.2, 0.25) is 0 Å². The number of hydrogen-bond donors (Lipinski definition) is 1. The van der Waals surface area contributed by atoms with Gasteiger partial charge in [-0.1, -0.05) is 0 Å². The molecule has 5 heteroatoms. The molecule has 0 saturated heterocycles. The second-order valence-electron chi connectivity index (χ2n) is 3.14. The van der Waals surface area contributed by atoms with E-state index in [0.29, 0.717) is 11.3 Å². The van der Waals surface area contributed by atoms with E-state index in [9.17, 15) is 9.59 Å². The van der Waals surface area contributed by atoms with Gasteiger partial charge in [-0.15, -0.1) is 11.8 Å². The minimum atomic E-state index is -0.952. The Kier molecular flexibility index (Phi) is 4.37. The van der Waals surface area contributed by atoms with Crippen LogP contribution in [0.15, 0.2) is 23.1 Å². The molecule has 0 fully saturated rings. The van der Waals surface area contributed by atoms with E-state index in [2.05, 4.69) is 0 Å². The van der Waals surface area contributed by atoms with Gasteiger partial charge in [0.25, 0.3) is 0 Å². The fraction of sp³-hybridized carbons (Fsp3) is 0.273. The van der Waals surface area contributed by atoms with E-state index in [1.54, 1.807) is 18.2 Å². The quantitative estimate of drug-likeness (QED) is 0.495. The van der Waals surface area contributed by atoms with Gasteiger partial charge in [0.1, 0.15) is 5.75 Å². The second-order valence-corrected chi connectivity index (χ2v) is 4.02. The number of aliphatic carboxylic acids is 1. The highest BCUT2D eigenvalue weighted by Crippen LogP contribution is 2.25. The van der Waals surface area contributed by atoms with Crippen LogP contribution in [0.4, 0.5) is 0 Å². The Labute approximate surface area is 97.6 Å². The van der Waals surface area contributed by atoms with Gasteiger partial charge >= 0.3 is 11.9 Å². The van der Waals surface area contributed by atoms with Gasteiger partial charge in [-0.05, 0) is 24.5 Å². The first-order valence-electron chi connectivity index (χ1n) is 4.60. The highest BCUT2D eigenvalue weighted by molar-refractivity contribution is 7.98. The van der Waals surface area contributed by atoms with Crippen LogP contribution in [0.5, 0.6) is 5.75 Å². The van der Waals surface area contributed by atoms with Crippen molar-refractivity contribution < 1.29 is 19.4 Å². The molecule has 86 valence electrons. The SMILES string of the molecule is CSc1ccc(OC(C)=O)c(CC(=O)O)c1. The molecule has 0 aliphatic rings. The van der Waals surface area contributed by atoms with Crippen molar-refractivity contribution in [1.82, 2.24) is 0 Å². The van der Waals surface area contributed by atoms with Gasteiger partial charge in [-0.25, -0.2) is 0 Å². The van der Waals surface area contributed by atoms with Crippen LogP contribution in [0, 0.1) is 0 Å². The minimum Gasteiger partial charge on any atom is -0.481 e. The number of thioether (sulfide) groups is 1. The predicted molar refractivity (Wildman–Crippen MR) is 60.9 cm³/mol. The summed E-state index contributed by atoms with van der Waals surface area (Å²) in [5.41, 5.74) is 0.509. The number of carbonyl (C=O) groups excluding carboxylic acids is 1. The van der Waals surface area contributed by atoms with Crippen molar-refractivity contribution in [1.29, 1.82) is 0 Å². The van der Waals surface area contributed by atoms with Crippen LogP contribution in [-0.2, 0) is 16.0 Å². The maximum absolute atomic E-state index is 10.8. The average molecular weight is 240 g/mol. The van der Waals surface area contributed by atoms with Crippen LogP contribution in [-0.4, -0.2) is 23.3 Å². The molecule has 0 bridgehead atoms. The van der Waals surface area contributed by atoms with E-state index in [1.807, 2.05) is 6.26 Å². The molecule has 16 heavy (non-hydrogen) atoms. The van der Waals surface area contributed by atoms with Gasteiger partial charge in [0, 0.05) is 17.4 Å². The molecule has 0 spiro atoms. The van der Waals surface area contributed by atoms with Crippen LogP contribution in [0.25, 0.3) is 0 Å². The molecule has 0 heterocycles. The molecule has 0 atom stereocenters. The Hall–Kier alpha value is -1.49. The lowest BCUT2D eigenvalue weighted by Gasteiger charge is -2.08. The molecule has 0 unspecified atom stereocenters. The second kappa shape index (κ2) is 5.55. The number of carboxylic acid groups (broad SMARTS) is 1. The Morgan fingerprint density at radius 2 is 2.12 bits per heavy atom. The zero-order valence-electron chi connectivity index (χ0n) is 9.02. The summed E-state index contributed by atoms with van der Waals surface area (Å²) >= 11 is 1.50. The molecule has 0 radical (unpaired) electrons. The molecular formula is C11H12O4S. The summed E-state index contributed by atoms with van der Waals surface area (Å²) in [4.78, 5) is 22.4. The normalized spacial score (nSPS) is 9.88. The number of carboxylic acids is 1. The molecule has 0 aliphatic carbocycles. The van der Waals surface area contributed by atoms with Gasteiger partial charge in [-0.2, -0.15) is 0 Å². The third-order valence-corrected chi connectivity index (χ3v) is 2.59. The van der Waals surface area contributed by atoms with Gasteiger partial charge < -0.3 is 9.84 Å². The third kappa shape index (κ3) is 3.58. The van der Waals surface area contributed by atoms with Crippen molar-refractivity contribution in [3.05, 3.63) is 23.8 Å². The zero-order valence-corrected chi connectivity index (χ0v) is 9.84. The van der Waals surface area contributed by atoms with Crippen molar-refractivity contribution in [2.75, 3.05) is 6.26 Å². The molecule has 0 saturated carbocycles. The lowest BCUT2D eigenvalue weighted by molar-refractivity contribution is -0.136. The molecular weight excluding hydrogens is 228 g/mol. The summed E-state index contributed by atoms with van der Waals surface area (Å²) in [6, 6.07) is 5.12. The number of carbonyl (C=O) groups is 2. The van der Waals surface area contributed by atoms with E-state index in [4.69, 9.17) is 9.84 Å². The fourth-order valence-corrected chi connectivity index (χ4v) is 1.70. The molecule has 1 N–H and O–H groups in total. The Morgan fingerprint density at radius 1 is 1.44 bits per heavy atom. The molecule has 1 aromatic rings. The first-order valence-corrected chi connectivity index (χ1v) is 5.82. The van der Waals surface area contributed by atoms with E-state index in [0.717, 1.165) is 4.90 Å². The molecule has 1 aromatic carbocycles. The molecule has 4 nitrogen and oxygen atoms in total. The molecule has 0 amide bonds. The maximum atomic E-state index is 10.8. The Bertz CT molecular complexity index is 414. The summed E-state index contributed by atoms with van der Waals surface area (Å²) in [6.45, 7) is 1.28. The molecule has 1 rings (SSSR count). The van der Waals surface area contributed by atoms with E-state index < -0.39 is 11.9 Å². The van der Waals surface area contributed by atoms with E-state index in [-0.39, 0.29) is 6.42 Å². The van der Waals surface area contributed by atoms with Crippen molar-refractivity contribution in [3.63, 3.8) is 0 Å². The summed E-state index contributed by atoms with van der Waals surface area (Å²) in [5, 5.41) is 8.74. The van der Waals surface area contributed by atoms with Gasteiger partial charge in [0.2, 0.25) is 0 Å². The van der Waals surface area contributed by atoms with Gasteiger partial charge in [0.05, 0.1) is 6.42 Å². The van der Waals surface area contributed by atoms with Crippen molar-refractivity contribution in [2.45, 2.75) is 18.2 Å². The smallest absolute Gasteiger partial charge is 0.308 e. The number of esters is 1. The number of rotatable bonds is 4. The Balaban J connectivity index is 3.05. The monoisotopic (exact) mass is 240 g/mol. The molecule has 0 aromatic heterocycles. The first-order chi connectivity index (χ1) is 7.52. The van der Waals surface area contributed by atoms with E-state index >= 15 is 0 Å². The van der Waals surface area contributed by atoms with Crippen molar-refractivity contribution in [3.8, 4) is 5.75 Å². The maximum Gasteiger partial charge on any atom is 0.308 e. The largest absolute Gasteiger partial charge is 0.481 e. The molecule has 0 aliphatic heterocycles. The van der Waals surface area contributed by atoms with Gasteiger partial charge in [-0.3, -0.25) is 9.59 Å². The highest BCUT2D eigenvalue weighted by atomic mass is 32.2. The lowest BCUT2D eigenvalue weighted by atomic mass is 10.1. The summed E-state index contributed by atoms with van der Waals surface area (Å²) in [7, 11) is 0. The summed E-state index contributed by atoms with van der Waals surface area (Å²) in [6.07, 6.45) is 1.74. The third-order valence-electron chi connectivity index (χ3n) is 1.86. The zero-order chi connectivity index (χ0) is 12.1. The minimum absolute atomic E-state index is 0.156. The topological polar surface area (TPSA) is 63.6 Å². The lowest BCUT2D eigenvalue weighted by Crippen LogP contribution is -2.07. The van der Waals surface area contributed by atoms with Gasteiger partial charge in [0.15, 0.2) is 0 Å². The predicted octanol–water partition coefficient (Wildman–Crippen LogP) is 1.96. The first kappa shape index (κ1) is 12.6. The fourth-order valence-electron chi connectivity index (χ4n) is 1.24. The number of ether oxygens (including phenoxy) is 1. The average Bonchev–Trinajstić information content (AvgIpc) is 2.19. The van der Waals surface area contributed by atoms with Crippen LogP contribution < -0.4 is 4.74 Å². The summed E-state index contributed by atoms with van der Waals surface area (Å²) < 4.78 is 4.93. The van der Waals surface area contributed by atoms with Crippen molar-refractivity contribution in [2.24, 2.45) is 0 Å². The van der Waals surface area contributed by atoms with Crippen LogP contribution in [0.1, 0.15) is 12.5 Å². The Morgan fingerprint density at radius 3 is 2.62 bits per heavy atom. The van der Waals surface area contributed by atoms with Crippen LogP contribution >= 0.6 is 11.8 Å². The van der Waals surface area contributed by atoms with Crippen molar-refractivity contribution >= 4 is 23.7 Å². The van der Waals surface area contributed by atoms with E-state index in [1.165, 1.54) is 18.7 Å². The number of benzene rings is 1. The summed E-state index contributed by atoms with van der Waals surface area (Å²) in [5.74, 6) is -1.09.